The molecule has 1 unspecified atom stereocenters. The van der Waals surface area contributed by atoms with Crippen LogP contribution < -0.4 is 5.73 Å². The molecule has 1 aromatic carbocycles. The van der Waals surface area contributed by atoms with Crippen LogP contribution in [0.25, 0.3) is 22.2 Å². The summed E-state index contributed by atoms with van der Waals surface area (Å²) in [4.78, 5) is 8.16. The molecule has 154 valence electrons. The van der Waals surface area contributed by atoms with E-state index in [4.69, 9.17) is 5.73 Å². The number of nitrogens with zero attached hydrogens (tertiary/aromatic N) is 3. The Morgan fingerprint density at radius 3 is 2.73 bits per heavy atom. The highest BCUT2D eigenvalue weighted by Crippen LogP contribution is 2.41. The predicted molar refractivity (Wildman–Crippen MR) is 109 cm³/mol. The van der Waals surface area contributed by atoms with E-state index in [1.165, 1.54) is 10.9 Å². The summed E-state index contributed by atoms with van der Waals surface area (Å²) in [5, 5.41) is 9.91. The Labute approximate surface area is 170 Å². The molecule has 0 radical (unpaired) electrons. The van der Waals surface area contributed by atoms with Gasteiger partial charge in [0.05, 0.1) is 10.9 Å². The third kappa shape index (κ3) is 3.34. The third-order valence-corrected chi connectivity index (χ3v) is 5.16. The average Bonchev–Trinajstić information content (AvgIpc) is 3.05. The van der Waals surface area contributed by atoms with Crippen LogP contribution in [-0.4, -0.2) is 19.6 Å². The molecule has 0 saturated heterocycles. The second-order valence-electron chi connectivity index (χ2n) is 7.17. The van der Waals surface area contributed by atoms with Crippen LogP contribution in [0.4, 0.5) is 19.0 Å². The van der Waals surface area contributed by atoms with Crippen LogP contribution in [0, 0.1) is 17.6 Å². The van der Waals surface area contributed by atoms with Crippen molar-refractivity contribution in [2.45, 2.75) is 25.3 Å². The molecule has 5 nitrogen and oxygen atoms in total. The Morgan fingerprint density at radius 1 is 1.17 bits per heavy atom. The lowest BCUT2D eigenvalue weighted by Gasteiger charge is -2.20. The number of hydrogen-bond acceptors (Lipinski definition) is 4. The van der Waals surface area contributed by atoms with Gasteiger partial charge >= 0.3 is 0 Å². The first kappa shape index (κ1) is 19.8. The highest BCUT2D eigenvalue weighted by molar-refractivity contribution is 6.01. The lowest BCUT2D eigenvalue weighted by molar-refractivity contribution is 0.404. The number of allylic oxidation sites excluding steroid dienone is 5. The normalized spacial score (nSPS) is 19.3. The summed E-state index contributed by atoms with van der Waals surface area (Å²) in [7, 11) is 0. The van der Waals surface area contributed by atoms with Crippen LogP contribution in [0.2, 0.25) is 0 Å². The molecule has 2 aromatic heterocycles. The van der Waals surface area contributed by atoms with Crippen molar-refractivity contribution in [3.8, 4) is 16.9 Å². The Morgan fingerprint density at radius 2 is 1.97 bits per heavy atom. The van der Waals surface area contributed by atoms with Crippen molar-refractivity contribution in [1.82, 2.24) is 14.5 Å². The van der Waals surface area contributed by atoms with Crippen molar-refractivity contribution in [3.05, 3.63) is 72.5 Å². The number of halogens is 3. The van der Waals surface area contributed by atoms with Crippen molar-refractivity contribution in [1.29, 1.82) is 0 Å². The topological polar surface area (TPSA) is 77.0 Å². The molecule has 30 heavy (non-hydrogen) atoms. The van der Waals surface area contributed by atoms with Gasteiger partial charge in [-0.15, -0.1) is 0 Å². The van der Waals surface area contributed by atoms with E-state index in [0.29, 0.717) is 19.3 Å². The fourth-order valence-corrected chi connectivity index (χ4v) is 3.79. The molecule has 4 rings (SSSR count). The van der Waals surface area contributed by atoms with E-state index in [9.17, 15) is 13.9 Å². The predicted octanol–water partition coefficient (Wildman–Crippen LogP) is 5.20. The first-order chi connectivity index (χ1) is 14.4. The standard InChI is InChI=1S/C22H19F3N4O/c1-12-6-4-2-3-5-7-14(8-12)29-20(25)17(18-21(26)27-11-28-22(18)29)13-9-15(23)19(24)16(30)10-13/h2-4,6,9-11,14,30H,1,5,7-8H2,(H2,26,27,28)/b3-2-,6-4-. The first-order valence-corrected chi connectivity index (χ1v) is 9.37. The fourth-order valence-electron chi connectivity index (χ4n) is 3.79. The van der Waals surface area contributed by atoms with Gasteiger partial charge in [-0.3, -0.25) is 4.57 Å². The second kappa shape index (κ2) is 7.70. The Kier molecular flexibility index (Phi) is 5.07. The number of nitrogens with two attached hydrogens (primary N) is 1. The van der Waals surface area contributed by atoms with E-state index in [2.05, 4.69) is 16.5 Å². The lowest BCUT2D eigenvalue weighted by Crippen LogP contribution is -2.12. The molecule has 2 heterocycles. The van der Waals surface area contributed by atoms with Gasteiger partial charge in [0.25, 0.3) is 0 Å². The minimum Gasteiger partial charge on any atom is -0.505 e. The molecule has 3 aromatic rings. The zero-order chi connectivity index (χ0) is 21.4. The Balaban J connectivity index is 1.98. The van der Waals surface area contributed by atoms with Crippen LogP contribution in [-0.2, 0) is 0 Å². The van der Waals surface area contributed by atoms with Gasteiger partial charge in [-0.2, -0.15) is 8.78 Å². The number of anilines is 1. The number of phenolic OH excluding ortho intramolecular Hbond substituents is 1. The summed E-state index contributed by atoms with van der Waals surface area (Å²) >= 11 is 0. The molecule has 3 N–H and O–H groups in total. The SMILES string of the molecule is C=C1/C=C\C=C/CCC(n2c(F)c(-c3cc(O)c(F)c(F)c3)c3c(N)ncnc32)C1. The Bertz CT molecular complexity index is 1190. The van der Waals surface area contributed by atoms with Crippen LogP contribution >= 0.6 is 0 Å². The highest BCUT2D eigenvalue weighted by Gasteiger charge is 2.28. The molecule has 1 aliphatic rings. The van der Waals surface area contributed by atoms with E-state index in [1.54, 1.807) is 0 Å². The van der Waals surface area contributed by atoms with E-state index < -0.39 is 23.3 Å². The monoisotopic (exact) mass is 412 g/mol. The van der Waals surface area contributed by atoms with E-state index in [0.717, 1.165) is 17.7 Å². The molecule has 1 aliphatic carbocycles. The molecule has 0 saturated carbocycles. The Hall–Kier alpha value is -3.55. The fraction of sp³-hybridized carbons (Fsp3) is 0.182. The number of benzene rings is 1. The summed E-state index contributed by atoms with van der Waals surface area (Å²) in [6.45, 7) is 4.02. The van der Waals surface area contributed by atoms with Gasteiger partial charge in [0.15, 0.2) is 17.4 Å². The summed E-state index contributed by atoms with van der Waals surface area (Å²) in [5.74, 6) is -4.34. The zero-order valence-electron chi connectivity index (χ0n) is 15.9. The smallest absolute Gasteiger partial charge is 0.204 e. The molecule has 0 amide bonds. The molecule has 1 atom stereocenters. The zero-order valence-corrected chi connectivity index (χ0v) is 15.9. The van der Waals surface area contributed by atoms with Crippen LogP contribution in [0.1, 0.15) is 25.3 Å². The molecular formula is C22H19F3N4O. The maximum Gasteiger partial charge on any atom is 0.204 e. The van der Waals surface area contributed by atoms with Crippen molar-refractivity contribution < 1.29 is 18.3 Å². The number of fused-ring (bicyclic) bond motifs is 1. The van der Waals surface area contributed by atoms with Crippen LogP contribution in [0.15, 0.2) is 54.9 Å². The third-order valence-electron chi connectivity index (χ3n) is 5.16. The van der Waals surface area contributed by atoms with E-state index in [1.807, 2.05) is 24.3 Å². The van der Waals surface area contributed by atoms with Crippen molar-refractivity contribution in [2.75, 3.05) is 5.73 Å². The van der Waals surface area contributed by atoms with E-state index in [-0.39, 0.29) is 34.0 Å². The molecule has 8 heteroatoms. The summed E-state index contributed by atoms with van der Waals surface area (Å²) in [5.41, 5.74) is 6.92. The minimum absolute atomic E-state index is 0.00134. The number of nitrogen functional groups attached to an aromatic ring is 1. The van der Waals surface area contributed by atoms with Gasteiger partial charge in [-0.1, -0.05) is 36.5 Å². The second-order valence-corrected chi connectivity index (χ2v) is 7.17. The first-order valence-electron chi connectivity index (χ1n) is 9.37. The van der Waals surface area contributed by atoms with Gasteiger partial charge in [0.2, 0.25) is 5.95 Å². The highest BCUT2D eigenvalue weighted by atomic mass is 19.2. The molecule has 0 fully saturated rings. The molecule has 0 aliphatic heterocycles. The van der Waals surface area contributed by atoms with Gasteiger partial charge in [0.1, 0.15) is 17.8 Å². The van der Waals surface area contributed by atoms with Gasteiger partial charge in [-0.25, -0.2) is 14.4 Å². The van der Waals surface area contributed by atoms with Crippen LogP contribution in [0.3, 0.4) is 0 Å². The molecule has 0 spiro atoms. The largest absolute Gasteiger partial charge is 0.505 e. The summed E-state index contributed by atoms with van der Waals surface area (Å²) < 4.78 is 44.8. The average molecular weight is 412 g/mol. The minimum atomic E-state index is -1.40. The number of aromatic nitrogens is 3. The lowest BCUT2D eigenvalue weighted by atomic mass is 10.0. The number of aromatic hydroxyl groups is 1. The van der Waals surface area contributed by atoms with E-state index >= 15 is 4.39 Å². The molecular weight excluding hydrogens is 393 g/mol. The number of rotatable bonds is 2. The summed E-state index contributed by atoms with van der Waals surface area (Å²) in [6.07, 6.45) is 10.6. The number of phenols is 1. The van der Waals surface area contributed by atoms with Gasteiger partial charge in [0, 0.05) is 6.04 Å². The van der Waals surface area contributed by atoms with Crippen LogP contribution in [0.5, 0.6) is 5.75 Å². The quantitative estimate of drug-likeness (QED) is 0.607. The maximum atomic E-state index is 15.8. The summed E-state index contributed by atoms with van der Waals surface area (Å²) in [6, 6.07) is 1.44. The number of hydrogen-bond donors (Lipinski definition) is 2. The van der Waals surface area contributed by atoms with Crippen molar-refractivity contribution in [3.63, 3.8) is 0 Å². The van der Waals surface area contributed by atoms with Crippen molar-refractivity contribution in [2.24, 2.45) is 0 Å². The molecule has 0 bridgehead atoms. The maximum absolute atomic E-state index is 15.8. The van der Waals surface area contributed by atoms with Crippen molar-refractivity contribution >= 4 is 16.9 Å². The van der Waals surface area contributed by atoms with Gasteiger partial charge < -0.3 is 10.8 Å². The van der Waals surface area contributed by atoms with Gasteiger partial charge in [-0.05, 0) is 37.0 Å².